The largest absolute Gasteiger partial charge is 0.492 e. The van der Waals surface area contributed by atoms with Crippen LogP contribution < -0.4 is 0 Å². The smallest absolute Gasteiger partial charge is 0.242 e. The molecule has 0 aliphatic carbocycles. The van der Waals surface area contributed by atoms with Crippen molar-refractivity contribution >= 4 is 22.8 Å². The molecule has 0 unspecified atom stereocenters. The summed E-state index contributed by atoms with van der Waals surface area (Å²) in [7, 11) is 0. The Hall–Kier alpha value is -1.97. The van der Waals surface area contributed by atoms with Gasteiger partial charge in [0.05, 0.1) is 0 Å². The van der Waals surface area contributed by atoms with Crippen LogP contribution in [0.25, 0.3) is 11.2 Å². The second-order valence-corrected chi connectivity index (χ2v) is 4.42. The molecule has 3 atom stereocenters. The summed E-state index contributed by atoms with van der Waals surface area (Å²) in [6, 6.07) is 0. The van der Waals surface area contributed by atoms with Gasteiger partial charge in [-0.2, -0.15) is 9.37 Å². The minimum absolute atomic E-state index is 0.0848. The van der Waals surface area contributed by atoms with Gasteiger partial charge in [-0.15, -0.1) is 0 Å². The average molecular weight is 303 g/mol. The Bertz CT molecular complexity index is 702. The number of ether oxygens (including phenoxy) is 1. The van der Waals surface area contributed by atoms with E-state index in [1.54, 1.807) is 0 Å². The number of aromatic nitrogens is 4. The number of nitrogens with zero attached hydrogens (tertiary/aromatic N) is 4. The van der Waals surface area contributed by atoms with Gasteiger partial charge in [0, 0.05) is 0 Å². The van der Waals surface area contributed by atoms with Crippen LogP contribution in [0.2, 0.25) is 0 Å². The summed E-state index contributed by atoms with van der Waals surface area (Å²) in [5.74, 6) is -0.912. The Morgan fingerprint density at radius 3 is 2.75 bits per heavy atom. The van der Waals surface area contributed by atoms with Crippen molar-refractivity contribution < 1.29 is 24.4 Å². The molecule has 2 aromatic rings. The summed E-state index contributed by atoms with van der Waals surface area (Å²) in [5.41, 5.74) is 0.242. The molecule has 0 bridgehead atoms. The fourth-order valence-electron chi connectivity index (χ4n) is 1.98. The molecular weight excluding hydrogens is 295 g/mol. The highest BCUT2D eigenvalue weighted by Crippen LogP contribution is 2.36. The van der Waals surface area contributed by atoms with Crippen LogP contribution in [0.1, 0.15) is 6.23 Å². The first-order valence-electron chi connectivity index (χ1n) is 5.45. The summed E-state index contributed by atoms with van der Waals surface area (Å²) in [5, 5.41) is 27.8. The SMILES string of the molecule is Oc1ncnc2c1ncn2[C@@H]1O/C(=C(\F)Cl)[C@@H](O)[C@H]1O. The van der Waals surface area contributed by atoms with E-state index >= 15 is 0 Å². The number of aliphatic hydroxyl groups excluding tert-OH is 2. The van der Waals surface area contributed by atoms with Crippen LogP contribution in [0.4, 0.5) is 4.39 Å². The van der Waals surface area contributed by atoms with E-state index in [1.165, 1.54) is 10.9 Å². The number of aliphatic hydroxyl groups is 2. The number of rotatable bonds is 1. The van der Waals surface area contributed by atoms with Crippen molar-refractivity contribution in [2.45, 2.75) is 18.4 Å². The molecule has 1 aliphatic rings. The van der Waals surface area contributed by atoms with Crippen LogP contribution in [-0.4, -0.2) is 47.0 Å². The van der Waals surface area contributed by atoms with E-state index in [4.69, 9.17) is 16.3 Å². The maximum absolute atomic E-state index is 13.0. The predicted molar refractivity (Wildman–Crippen MR) is 63.1 cm³/mol. The Morgan fingerprint density at radius 1 is 1.35 bits per heavy atom. The van der Waals surface area contributed by atoms with E-state index in [-0.39, 0.29) is 17.0 Å². The van der Waals surface area contributed by atoms with Gasteiger partial charge < -0.3 is 20.1 Å². The molecule has 3 rings (SSSR count). The minimum atomic E-state index is -1.61. The van der Waals surface area contributed by atoms with Crippen LogP contribution in [0.3, 0.4) is 0 Å². The lowest BCUT2D eigenvalue weighted by Crippen LogP contribution is -2.27. The van der Waals surface area contributed by atoms with Crippen molar-refractivity contribution in [3.63, 3.8) is 0 Å². The summed E-state index contributed by atoms with van der Waals surface area (Å²) in [4.78, 5) is 11.3. The van der Waals surface area contributed by atoms with Gasteiger partial charge in [0.2, 0.25) is 17.4 Å². The highest BCUT2D eigenvalue weighted by atomic mass is 35.5. The zero-order valence-electron chi connectivity index (χ0n) is 9.68. The molecule has 0 spiro atoms. The number of fused-ring (bicyclic) bond motifs is 1. The number of hydrogen-bond donors (Lipinski definition) is 3. The van der Waals surface area contributed by atoms with Gasteiger partial charge in [0.15, 0.2) is 16.9 Å². The van der Waals surface area contributed by atoms with E-state index in [9.17, 15) is 19.7 Å². The molecule has 1 aliphatic heterocycles. The molecular formula is C10H8ClFN4O4. The Labute approximate surface area is 115 Å². The number of imidazole rings is 1. The highest BCUT2D eigenvalue weighted by molar-refractivity contribution is 6.28. The molecule has 0 saturated carbocycles. The maximum atomic E-state index is 13.0. The van der Waals surface area contributed by atoms with E-state index < -0.39 is 29.5 Å². The first kappa shape index (κ1) is 13.0. The fraction of sp³-hybridized carbons (Fsp3) is 0.300. The Kier molecular flexibility index (Phi) is 2.96. The molecule has 2 aromatic heterocycles. The molecule has 1 fully saturated rings. The van der Waals surface area contributed by atoms with Gasteiger partial charge in [0.25, 0.3) is 0 Å². The zero-order valence-corrected chi connectivity index (χ0v) is 10.4. The summed E-state index contributed by atoms with van der Waals surface area (Å²) >= 11 is 5.14. The van der Waals surface area contributed by atoms with Crippen molar-refractivity contribution in [2.75, 3.05) is 0 Å². The molecule has 106 valence electrons. The Morgan fingerprint density at radius 2 is 2.10 bits per heavy atom. The predicted octanol–water partition coefficient (Wildman–Crippen LogP) is 0.160. The third-order valence-electron chi connectivity index (χ3n) is 2.93. The maximum Gasteiger partial charge on any atom is 0.242 e. The monoisotopic (exact) mass is 302 g/mol. The molecule has 0 aromatic carbocycles. The standard InChI is InChI=1S/C10H8ClFN4O4/c11-7(12)6-4(17)5(18)10(20-6)16-2-15-3-8(16)13-1-14-9(3)19/h1-2,4-5,10,17-18H,(H,13,14,19)/b7-6-/t4-,5+,10+/m0/s1. The van der Waals surface area contributed by atoms with Crippen molar-refractivity contribution in [1.82, 2.24) is 19.5 Å². The molecule has 0 amide bonds. The number of hydrogen-bond acceptors (Lipinski definition) is 7. The van der Waals surface area contributed by atoms with Crippen LogP contribution in [0.15, 0.2) is 23.7 Å². The van der Waals surface area contributed by atoms with E-state index in [1.807, 2.05) is 0 Å². The highest BCUT2D eigenvalue weighted by Gasteiger charge is 2.43. The second kappa shape index (κ2) is 4.54. The van der Waals surface area contributed by atoms with E-state index in [2.05, 4.69) is 15.0 Å². The number of halogens is 2. The van der Waals surface area contributed by atoms with Crippen LogP contribution in [0.5, 0.6) is 5.88 Å². The second-order valence-electron chi connectivity index (χ2n) is 4.09. The van der Waals surface area contributed by atoms with E-state index in [0.717, 1.165) is 6.33 Å². The van der Waals surface area contributed by atoms with Crippen molar-refractivity contribution in [3.05, 3.63) is 23.7 Å². The average Bonchev–Trinajstić information content (AvgIpc) is 2.94. The van der Waals surface area contributed by atoms with Crippen LogP contribution >= 0.6 is 11.6 Å². The van der Waals surface area contributed by atoms with Gasteiger partial charge in [0.1, 0.15) is 24.9 Å². The molecule has 20 heavy (non-hydrogen) atoms. The van der Waals surface area contributed by atoms with Crippen LogP contribution in [0, 0.1) is 0 Å². The van der Waals surface area contributed by atoms with Crippen LogP contribution in [-0.2, 0) is 4.74 Å². The van der Waals surface area contributed by atoms with Gasteiger partial charge >= 0.3 is 0 Å². The van der Waals surface area contributed by atoms with Crippen molar-refractivity contribution in [1.29, 1.82) is 0 Å². The molecule has 3 heterocycles. The molecule has 0 radical (unpaired) electrons. The topological polar surface area (TPSA) is 114 Å². The lowest BCUT2D eigenvalue weighted by atomic mass is 10.2. The minimum Gasteiger partial charge on any atom is -0.492 e. The summed E-state index contributed by atoms with van der Waals surface area (Å²) < 4.78 is 19.3. The molecule has 8 nitrogen and oxygen atoms in total. The third kappa shape index (κ3) is 1.79. The third-order valence-corrected chi connectivity index (χ3v) is 3.12. The van der Waals surface area contributed by atoms with E-state index in [0.29, 0.717) is 0 Å². The first-order valence-corrected chi connectivity index (χ1v) is 5.83. The zero-order chi connectivity index (χ0) is 14.4. The number of aromatic hydroxyl groups is 1. The molecule has 10 heteroatoms. The lowest BCUT2D eigenvalue weighted by molar-refractivity contribution is -0.0120. The quantitative estimate of drug-likeness (QED) is 0.687. The summed E-state index contributed by atoms with van der Waals surface area (Å²) in [6.07, 6.45) is -1.94. The van der Waals surface area contributed by atoms with Gasteiger partial charge in [-0.05, 0) is 11.6 Å². The van der Waals surface area contributed by atoms with Crippen molar-refractivity contribution in [3.8, 4) is 5.88 Å². The van der Waals surface area contributed by atoms with Gasteiger partial charge in [-0.3, -0.25) is 4.57 Å². The lowest BCUT2D eigenvalue weighted by Gasteiger charge is -2.15. The summed E-state index contributed by atoms with van der Waals surface area (Å²) in [6.45, 7) is 0. The Balaban J connectivity index is 2.09. The molecule has 1 saturated heterocycles. The first-order chi connectivity index (χ1) is 9.50. The fourth-order valence-corrected chi connectivity index (χ4v) is 2.14. The normalized spacial score (nSPS) is 28.7. The molecule has 3 N–H and O–H groups in total. The van der Waals surface area contributed by atoms with Gasteiger partial charge in [-0.1, -0.05) is 0 Å². The van der Waals surface area contributed by atoms with Gasteiger partial charge in [-0.25, -0.2) is 9.97 Å². The van der Waals surface area contributed by atoms with Crippen molar-refractivity contribution in [2.24, 2.45) is 0 Å².